The molecule has 7 nitrogen and oxygen atoms in total. The number of aryl methyl sites for hydroxylation is 2. The molecule has 3 rings (SSSR count). The van der Waals surface area contributed by atoms with E-state index in [-0.39, 0.29) is 11.8 Å². The zero-order chi connectivity index (χ0) is 22.2. The molecular weight excluding hydrogens is 392 g/mol. The zero-order valence-electron chi connectivity index (χ0n) is 19.0. The fraction of sp³-hybridized carbons (Fsp3) is 0.708. The number of amides is 1. The van der Waals surface area contributed by atoms with Crippen molar-refractivity contribution in [3.05, 3.63) is 23.4 Å². The van der Waals surface area contributed by atoms with E-state index in [0.717, 1.165) is 69.7 Å². The Hall–Kier alpha value is -2.15. The lowest BCUT2D eigenvalue weighted by Crippen LogP contribution is -2.45. The number of aromatic nitrogens is 1. The van der Waals surface area contributed by atoms with E-state index in [9.17, 15) is 14.7 Å². The predicted molar refractivity (Wildman–Crippen MR) is 122 cm³/mol. The van der Waals surface area contributed by atoms with Crippen molar-refractivity contribution >= 4 is 17.7 Å². The van der Waals surface area contributed by atoms with E-state index < -0.39 is 12.0 Å². The number of carbonyl (C=O) groups excluding carboxylic acids is 1. The zero-order valence-corrected chi connectivity index (χ0v) is 19.0. The van der Waals surface area contributed by atoms with Gasteiger partial charge in [0.2, 0.25) is 5.91 Å². The van der Waals surface area contributed by atoms with Crippen LogP contribution >= 0.6 is 0 Å². The van der Waals surface area contributed by atoms with Crippen molar-refractivity contribution < 1.29 is 14.7 Å². The summed E-state index contributed by atoms with van der Waals surface area (Å²) in [6.07, 6.45) is 7.44. The molecule has 0 aromatic carbocycles. The average Bonchev–Trinajstić information content (AvgIpc) is 3.23. The molecule has 1 aromatic heterocycles. The second-order valence-electron chi connectivity index (χ2n) is 9.04. The molecule has 0 saturated carbocycles. The lowest BCUT2D eigenvalue weighted by Gasteiger charge is -2.22. The third kappa shape index (κ3) is 6.66. The molecule has 2 aliphatic rings. The molecule has 172 valence electrons. The molecule has 1 fully saturated rings. The van der Waals surface area contributed by atoms with Crippen LogP contribution < -0.4 is 10.6 Å². The van der Waals surface area contributed by atoms with E-state index in [1.54, 1.807) is 0 Å². The quantitative estimate of drug-likeness (QED) is 0.499. The van der Waals surface area contributed by atoms with Crippen molar-refractivity contribution in [2.75, 3.05) is 31.5 Å². The third-order valence-electron chi connectivity index (χ3n) is 6.84. The van der Waals surface area contributed by atoms with Gasteiger partial charge in [-0.3, -0.25) is 4.79 Å². The first-order valence-electron chi connectivity index (χ1n) is 12.0. The molecule has 0 spiro atoms. The van der Waals surface area contributed by atoms with Crippen molar-refractivity contribution in [1.29, 1.82) is 0 Å². The van der Waals surface area contributed by atoms with Crippen LogP contribution in [-0.2, 0) is 22.4 Å². The molecule has 31 heavy (non-hydrogen) atoms. The van der Waals surface area contributed by atoms with Crippen LogP contribution in [0.4, 0.5) is 5.82 Å². The van der Waals surface area contributed by atoms with Crippen LogP contribution in [-0.4, -0.2) is 59.1 Å². The van der Waals surface area contributed by atoms with Crippen LogP contribution in [0.25, 0.3) is 0 Å². The second kappa shape index (κ2) is 11.5. The van der Waals surface area contributed by atoms with Crippen LogP contribution in [0.5, 0.6) is 0 Å². The topological polar surface area (TPSA) is 94.6 Å². The Bertz CT molecular complexity index is 750. The van der Waals surface area contributed by atoms with Gasteiger partial charge in [0, 0.05) is 31.2 Å². The summed E-state index contributed by atoms with van der Waals surface area (Å²) in [7, 11) is 0. The Labute approximate surface area is 186 Å². The number of pyridine rings is 1. The van der Waals surface area contributed by atoms with E-state index in [2.05, 4.69) is 27.7 Å². The number of carboxylic acids is 1. The monoisotopic (exact) mass is 430 g/mol. The van der Waals surface area contributed by atoms with E-state index in [0.29, 0.717) is 18.9 Å². The summed E-state index contributed by atoms with van der Waals surface area (Å²) in [5.74, 6) is 0.497. The van der Waals surface area contributed by atoms with Crippen molar-refractivity contribution in [3.8, 4) is 0 Å². The normalized spacial score (nSPS) is 19.6. The lowest BCUT2D eigenvalue weighted by atomic mass is 10.00. The highest BCUT2D eigenvalue weighted by atomic mass is 16.4. The molecule has 2 aliphatic heterocycles. The van der Waals surface area contributed by atoms with E-state index >= 15 is 0 Å². The summed E-state index contributed by atoms with van der Waals surface area (Å²) in [5.41, 5.74) is 2.48. The van der Waals surface area contributed by atoms with E-state index in [4.69, 9.17) is 4.98 Å². The molecule has 0 radical (unpaired) electrons. The third-order valence-corrected chi connectivity index (χ3v) is 6.84. The molecule has 0 aliphatic carbocycles. The van der Waals surface area contributed by atoms with Crippen molar-refractivity contribution in [1.82, 2.24) is 15.2 Å². The van der Waals surface area contributed by atoms with Gasteiger partial charge in [0.15, 0.2) is 0 Å². The van der Waals surface area contributed by atoms with Crippen LogP contribution in [0.15, 0.2) is 12.1 Å². The van der Waals surface area contributed by atoms with Gasteiger partial charge in [-0.05, 0) is 75.5 Å². The Morgan fingerprint density at radius 1 is 1.32 bits per heavy atom. The minimum atomic E-state index is -0.942. The molecule has 0 bridgehead atoms. The van der Waals surface area contributed by atoms with Gasteiger partial charge < -0.3 is 20.6 Å². The fourth-order valence-corrected chi connectivity index (χ4v) is 4.73. The number of nitrogens with zero attached hydrogens (tertiary/aromatic N) is 2. The number of likely N-dealkylation sites (tertiary alicyclic amines) is 1. The fourth-order valence-electron chi connectivity index (χ4n) is 4.73. The summed E-state index contributed by atoms with van der Waals surface area (Å²) in [4.78, 5) is 31.0. The number of fused-ring (bicyclic) bond motifs is 1. The van der Waals surface area contributed by atoms with Gasteiger partial charge in [-0.25, -0.2) is 9.78 Å². The van der Waals surface area contributed by atoms with Crippen LogP contribution in [0.2, 0.25) is 0 Å². The predicted octanol–water partition coefficient (Wildman–Crippen LogP) is 3.09. The first-order chi connectivity index (χ1) is 15.0. The summed E-state index contributed by atoms with van der Waals surface area (Å²) in [5, 5.41) is 15.7. The standard InChI is InChI=1S/C24H38N4O3/c1-3-18(4-2)23(29)27-21(24(30)31)12-15-28-14-11-17(16-28)7-9-20-10-8-19-6-5-13-25-22(19)26-20/h8,10,17-18,21H,3-7,9,11-16H2,1-2H3,(H,25,26)(H,27,29)(H,30,31)/t17-,21?/m1/s1. The van der Waals surface area contributed by atoms with Gasteiger partial charge in [0.1, 0.15) is 11.9 Å². The number of rotatable bonds is 11. The van der Waals surface area contributed by atoms with Gasteiger partial charge in [-0.1, -0.05) is 19.9 Å². The Kier molecular flexibility index (Phi) is 8.69. The summed E-state index contributed by atoms with van der Waals surface area (Å²) >= 11 is 0. The van der Waals surface area contributed by atoms with Crippen molar-refractivity contribution in [2.24, 2.45) is 11.8 Å². The van der Waals surface area contributed by atoms with Crippen LogP contribution in [0.3, 0.4) is 0 Å². The smallest absolute Gasteiger partial charge is 0.326 e. The number of aliphatic carboxylic acids is 1. The summed E-state index contributed by atoms with van der Waals surface area (Å²) in [6, 6.07) is 3.57. The molecule has 3 heterocycles. The van der Waals surface area contributed by atoms with Crippen molar-refractivity contribution in [2.45, 2.75) is 71.3 Å². The van der Waals surface area contributed by atoms with Gasteiger partial charge in [-0.15, -0.1) is 0 Å². The average molecular weight is 431 g/mol. The van der Waals surface area contributed by atoms with Gasteiger partial charge in [0.05, 0.1) is 0 Å². The lowest BCUT2D eigenvalue weighted by molar-refractivity contribution is -0.142. The van der Waals surface area contributed by atoms with Crippen molar-refractivity contribution in [3.63, 3.8) is 0 Å². The Balaban J connectivity index is 1.42. The molecule has 1 amide bonds. The second-order valence-corrected chi connectivity index (χ2v) is 9.04. The molecule has 1 unspecified atom stereocenters. The SMILES string of the molecule is CCC(CC)C(=O)NC(CCN1CC[C@@H](CCc2ccc3c(n2)NCCC3)C1)C(=O)O. The highest BCUT2D eigenvalue weighted by molar-refractivity contribution is 5.84. The van der Waals surface area contributed by atoms with Gasteiger partial charge in [-0.2, -0.15) is 0 Å². The van der Waals surface area contributed by atoms with Gasteiger partial charge in [0.25, 0.3) is 0 Å². The first kappa shape index (κ1) is 23.5. The molecule has 3 N–H and O–H groups in total. The highest BCUT2D eigenvalue weighted by Gasteiger charge is 2.27. The van der Waals surface area contributed by atoms with Gasteiger partial charge >= 0.3 is 5.97 Å². The number of carbonyl (C=O) groups is 2. The van der Waals surface area contributed by atoms with E-state index in [1.807, 2.05) is 13.8 Å². The maximum absolute atomic E-state index is 12.3. The van der Waals surface area contributed by atoms with Crippen LogP contribution in [0, 0.1) is 11.8 Å². The number of nitrogens with one attached hydrogen (secondary N) is 2. The number of hydrogen-bond donors (Lipinski definition) is 3. The largest absolute Gasteiger partial charge is 0.480 e. The summed E-state index contributed by atoms with van der Waals surface area (Å²) < 4.78 is 0. The minimum absolute atomic E-state index is 0.106. The molecule has 7 heteroatoms. The first-order valence-corrected chi connectivity index (χ1v) is 12.0. The molecule has 2 atom stereocenters. The molecule has 1 saturated heterocycles. The number of hydrogen-bond acceptors (Lipinski definition) is 5. The Morgan fingerprint density at radius 2 is 2.13 bits per heavy atom. The number of anilines is 1. The minimum Gasteiger partial charge on any atom is -0.480 e. The molecular formula is C24H38N4O3. The van der Waals surface area contributed by atoms with E-state index in [1.165, 1.54) is 12.0 Å². The highest BCUT2D eigenvalue weighted by Crippen LogP contribution is 2.24. The van der Waals surface area contributed by atoms with Crippen LogP contribution in [0.1, 0.15) is 63.6 Å². The number of carboxylic acid groups (broad SMARTS) is 1. The maximum Gasteiger partial charge on any atom is 0.326 e. The molecule has 1 aromatic rings. The maximum atomic E-state index is 12.3. The summed E-state index contributed by atoms with van der Waals surface area (Å²) in [6.45, 7) is 7.63. The Morgan fingerprint density at radius 3 is 2.87 bits per heavy atom.